The summed E-state index contributed by atoms with van der Waals surface area (Å²) in [6, 6.07) is 0.0786. The largest absolute Gasteiger partial charge is 0.466 e. The van der Waals surface area contributed by atoms with Crippen LogP contribution < -0.4 is 5.32 Å². The van der Waals surface area contributed by atoms with E-state index in [0.29, 0.717) is 17.4 Å². The zero-order valence-electron chi connectivity index (χ0n) is 15.8. The van der Waals surface area contributed by atoms with Crippen LogP contribution in [-0.2, 0) is 16.0 Å². The summed E-state index contributed by atoms with van der Waals surface area (Å²) in [6.07, 6.45) is 5.40. The number of nitrogens with one attached hydrogen (secondary N) is 1. The number of amides is 2. The van der Waals surface area contributed by atoms with E-state index < -0.39 is 0 Å². The van der Waals surface area contributed by atoms with Gasteiger partial charge in [0.25, 0.3) is 0 Å². The van der Waals surface area contributed by atoms with Gasteiger partial charge in [0, 0.05) is 18.0 Å². The lowest BCUT2D eigenvalue weighted by Gasteiger charge is -2.29. The molecule has 0 aliphatic heterocycles. The second-order valence-electron chi connectivity index (χ2n) is 6.09. The van der Waals surface area contributed by atoms with Gasteiger partial charge in [0.05, 0.1) is 18.7 Å². The van der Waals surface area contributed by atoms with E-state index in [1.165, 1.54) is 11.3 Å². The number of rotatable bonds is 11. The first-order chi connectivity index (χ1) is 12.0. The Balaban J connectivity index is 2.65. The molecule has 0 aliphatic rings. The molecule has 1 N–H and O–H groups in total. The molecule has 1 unspecified atom stereocenters. The molecule has 0 fully saturated rings. The Labute approximate surface area is 155 Å². The Morgan fingerprint density at radius 3 is 2.68 bits per heavy atom. The Kier molecular flexibility index (Phi) is 10.1. The zero-order valence-corrected chi connectivity index (χ0v) is 16.7. The van der Waals surface area contributed by atoms with Crippen LogP contribution in [0.1, 0.15) is 65.5 Å². The number of hydrogen-bond acceptors (Lipinski definition) is 5. The van der Waals surface area contributed by atoms with Crippen LogP contribution in [0.5, 0.6) is 0 Å². The lowest BCUT2D eigenvalue weighted by molar-refractivity contribution is -0.142. The molecule has 7 heteroatoms. The SMILES string of the molecule is CCCCCN(C(=O)Nc1nc(CC(=O)OCC)cs1)C(C)CCC. The monoisotopic (exact) mass is 369 g/mol. The maximum absolute atomic E-state index is 12.6. The van der Waals surface area contributed by atoms with Gasteiger partial charge in [-0.3, -0.25) is 10.1 Å². The van der Waals surface area contributed by atoms with E-state index in [1.54, 1.807) is 12.3 Å². The van der Waals surface area contributed by atoms with Crippen molar-refractivity contribution in [3.05, 3.63) is 11.1 Å². The van der Waals surface area contributed by atoms with Crippen molar-refractivity contribution >= 4 is 28.5 Å². The quantitative estimate of drug-likeness (QED) is 0.462. The van der Waals surface area contributed by atoms with E-state index in [-0.39, 0.29) is 24.5 Å². The van der Waals surface area contributed by atoms with Crippen LogP contribution in [0.3, 0.4) is 0 Å². The summed E-state index contributed by atoms with van der Waals surface area (Å²) in [6.45, 7) is 9.25. The fourth-order valence-electron chi connectivity index (χ4n) is 2.60. The maximum Gasteiger partial charge on any atom is 0.323 e. The molecule has 0 saturated carbocycles. The van der Waals surface area contributed by atoms with Crippen molar-refractivity contribution in [1.29, 1.82) is 0 Å². The van der Waals surface area contributed by atoms with Gasteiger partial charge in [-0.25, -0.2) is 9.78 Å². The molecule has 0 spiro atoms. The van der Waals surface area contributed by atoms with E-state index in [2.05, 4.69) is 31.1 Å². The predicted octanol–water partition coefficient (Wildman–Crippen LogP) is 4.46. The third-order valence-electron chi connectivity index (χ3n) is 3.90. The van der Waals surface area contributed by atoms with Gasteiger partial charge in [0.15, 0.2) is 5.13 Å². The normalized spacial score (nSPS) is 11.8. The Hall–Kier alpha value is -1.63. The number of carbonyl (C=O) groups excluding carboxylic acids is 2. The fourth-order valence-corrected chi connectivity index (χ4v) is 3.30. The van der Waals surface area contributed by atoms with E-state index >= 15 is 0 Å². The molecular weight excluding hydrogens is 338 g/mol. The Morgan fingerprint density at radius 1 is 1.28 bits per heavy atom. The number of hydrogen-bond donors (Lipinski definition) is 1. The van der Waals surface area contributed by atoms with Gasteiger partial charge in [-0.15, -0.1) is 11.3 Å². The summed E-state index contributed by atoms with van der Waals surface area (Å²) in [7, 11) is 0. The van der Waals surface area contributed by atoms with Crippen LogP contribution >= 0.6 is 11.3 Å². The lowest BCUT2D eigenvalue weighted by Crippen LogP contribution is -2.42. The Morgan fingerprint density at radius 2 is 2.04 bits per heavy atom. The Bertz CT molecular complexity index is 533. The van der Waals surface area contributed by atoms with Crippen molar-refractivity contribution in [2.75, 3.05) is 18.5 Å². The highest BCUT2D eigenvalue weighted by atomic mass is 32.1. The average Bonchev–Trinajstić information content (AvgIpc) is 2.98. The molecule has 2 amide bonds. The van der Waals surface area contributed by atoms with Crippen molar-refractivity contribution in [1.82, 2.24) is 9.88 Å². The molecule has 0 radical (unpaired) electrons. The number of unbranched alkanes of at least 4 members (excludes halogenated alkanes) is 2. The van der Waals surface area contributed by atoms with Crippen molar-refractivity contribution < 1.29 is 14.3 Å². The minimum Gasteiger partial charge on any atom is -0.466 e. The first kappa shape index (κ1) is 21.4. The second-order valence-corrected chi connectivity index (χ2v) is 6.95. The minimum atomic E-state index is -0.302. The number of urea groups is 1. The van der Waals surface area contributed by atoms with Crippen LogP contribution in [-0.4, -0.2) is 41.1 Å². The van der Waals surface area contributed by atoms with Crippen LogP contribution in [0.2, 0.25) is 0 Å². The van der Waals surface area contributed by atoms with E-state index in [4.69, 9.17) is 4.74 Å². The summed E-state index contributed by atoms with van der Waals surface area (Å²) < 4.78 is 4.92. The molecule has 1 atom stereocenters. The van der Waals surface area contributed by atoms with Gasteiger partial charge in [0.2, 0.25) is 0 Å². The smallest absolute Gasteiger partial charge is 0.323 e. The van der Waals surface area contributed by atoms with Gasteiger partial charge in [0.1, 0.15) is 0 Å². The summed E-state index contributed by atoms with van der Waals surface area (Å²) >= 11 is 1.33. The van der Waals surface area contributed by atoms with Crippen LogP contribution in [0.25, 0.3) is 0 Å². The third kappa shape index (κ3) is 7.86. The molecule has 1 heterocycles. The van der Waals surface area contributed by atoms with Crippen LogP contribution in [0.15, 0.2) is 5.38 Å². The van der Waals surface area contributed by atoms with Crippen molar-refractivity contribution in [3.8, 4) is 0 Å². The second kappa shape index (κ2) is 11.8. The van der Waals surface area contributed by atoms with Crippen LogP contribution in [0.4, 0.5) is 9.93 Å². The molecule has 1 rings (SSSR count). The van der Waals surface area contributed by atoms with Crippen LogP contribution in [0, 0.1) is 0 Å². The molecule has 1 aromatic rings. The van der Waals surface area contributed by atoms with Gasteiger partial charge in [-0.1, -0.05) is 33.1 Å². The first-order valence-electron chi connectivity index (χ1n) is 9.19. The standard InChI is InChI=1S/C18H31N3O3S/c1-5-8-9-11-21(14(4)10-6-2)18(23)20-17-19-15(13-25-17)12-16(22)24-7-3/h13-14H,5-12H2,1-4H3,(H,19,20,23). The van der Waals surface area contributed by atoms with Gasteiger partial charge in [-0.05, 0) is 26.7 Å². The molecule has 142 valence electrons. The van der Waals surface area contributed by atoms with Crippen molar-refractivity contribution in [3.63, 3.8) is 0 Å². The molecule has 0 bridgehead atoms. The average molecular weight is 370 g/mol. The first-order valence-corrected chi connectivity index (χ1v) is 10.1. The minimum absolute atomic E-state index is 0.117. The van der Waals surface area contributed by atoms with E-state index in [1.807, 2.05) is 4.90 Å². The fraction of sp³-hybridized carbons (Fsp3) is 0.722. The molecule has 25 heavy (non-hydrogen) atoms. The number of anilines is 1. The zero-order chi connectivity index (χ0) is 18.7. The highest BCUT2D eigenvalue weighted by molar-refractivity contribution is 7.13. The topological polar surface area (TPSA) is 71.5 Å². The number of thiazole rings is 1. The van der Waals surface area contributed by atoms with Gasteiger partial charge in [-0.2, -0.15) is 0 Å². The number of aromatic nitrogens is 1. The summed E-state index contributed by atoms with van der Waals surface area (Å²) in [4.78, 5) is 30.4. The number of esters is 1. The molecule has 0 aromatic carbocycles. The molecule has 0 saturated heterocycles. The van der Waals surface area contributed by atoms with E-state index in [0.717, 1.165) is 38.6 Å². The summed E-state index contributed by atoms with van der Waals surface area (Å²) in [5, 5.41) is 5.18. The van der Waals surface area contributed by atoms with Crippen molar-refractivity contribution in [2.45, 2.75) is 72.3 Å². The number of carbonyl (C=O) groups is 2. The third-order valence-corrected chi connectivity index (χ3v) is 4.70. The van der Waals surface area contributed by atoms with Crippen molar-refractivity contribution in [2.24, 2.45) is 0 Å². The predicted molar refractivity (Wildman–Crippen MR) is 102 cm³/mol. The van der Waals surface area contributed by atoms with E-state index in [9.17, 15) is 9.59 Å². The lowest BCUT2D eigenvalue weighted by atomic mass is 10.1. The van der Waals surface area contributed by atoms with Gasteiger partial charge < -0.3 is 9.64 Å². The highest BCUT2D eigenvalue weighted by Gasteiger charge is 2.20. The number of ether oxygens (including phenoxy) is 1. The molecule has 6 nitrogen and oxygen atoms in total. The molecule has 0 aliphatic carbocycles. The summed E-state index contributed by atoms with van der Waals surface area (Å²) in [5.41, 5.74) is 0.623. The number of nitrogens with zero attached hydrogens (tertiary/aromatic N) is 2. The molecular formula is C18H31N3O3S. The van der Waals surface area contributed by atoms with Gasteiger partial charge >= 0.3 is 12.0 Å². The highest BCUT2D eigenvalue weighted by Crippen LogP contribution is 2.18. The summed E-state index contributed by atoms with van der Waals surface area (Å²) in [5.74, 6) is -0.302. The molecule has 1 aromatic heterocycles. The maximum atomic E-state index is 12.6.